The van der Waals surface area contributed by atoms with Gasteiger partial charge in [-0.2, -0.15) is 0 Å². The summed E-state index contributed by atoms with van der Waals surface area (Å²) in [6.07, 6.45) is 11.4. The smallest absolute Gasteiger partial charge is 0.328 e. The summed E-state index contributed by atoms with van der Waals surface area (Å²) in [7, 11) is 0. The number of H-pyrrole nitrogens is 1. The highest BCUT2D eigenvalue weighted by Crippen LogP contribution is 2.16. The maximum Gasteiger partial charge on any atom is 0.328 e. The highest BCUT2D eigenvalue weighted by Gasteiger charge is 2.17. The topological polar surface area (TPSA) is 90.4 Å². The molecule has 9 heteroatoms. The van der Waals surface area contributed by atoms with E-state index in [1.807, 2.05) is 6.92 Å². The molecule has 0 aromatic carbocycles. The van der Waals surface area contributed by atoms with Crippen LogP contribution in [0.25, 0.3) is 0 Å². The summed E-state index contributed by atoms with van der Waals surface area (Å²) in [4.78, 5) is 37.3. The van der Waals surface area contributed by atoms with Crippen molar-refractivity contribution in [3.63, 3.8) is 0 Å². The van der Waals surface area contributed by atoms with Crippen LogP contribution in [0.2, 0.25) is 0 Å². The van der Waals surface area contributed by atoms with E-state index < -0.39 is 0 Å². The molecular formula is C22H36N2O5S2. The van der Waals surface area contributed by atoms with E-state index in [-0.39, 0.29) is 22.5 Å². The van der Waals surface area contributed by atoms with Crippen LogP contribution in [0.4, 0.5) is 0 Å². The molecule has 0 radical (unpaired) electrons. The van der Waals surface area contributed by atoms with Crippen molar-refractivity contribution in [3.8, 4) is 0 Å². The summed E-state index contributed by atoms with van der Waals surface area (Å²) in [5, 5.41) is -0.342. The van der Waals surface area contributed by atoms with Crippen molar-refractivity contribution in [3.05, 3.63) is 32.6 Å². The van der Waals surface area contributed by atoms with Gasteiger partial charge in [-0.15, -0.1) is 0 Å². The number of aryl methyl sites for hydroxylation is 2. The molecule has 0 saturated carbocycles. The van der Waals surface area contributed by atoms with Crippen LogP contribution < -0.4 is 11.2 Å². The van der Waals surface area contributed by atoms with Crippen molar-refractivity contribution >= 4 is 34.3 Å². The Labute approximate surface area is 194 Å². The number of nitrogens with one attached hydrogen (secondary N) is 1. The molecule has 1 aromatic heterocycles. The fourth-order valence-electron chi connectivity index (χ4n) is 3.04. The van der Waals surface area contributed by atoms with Crippen molar-refractivity contribution in [1.29, 1.82) is 0 Å². The number of carbonyl (C=O) groups is 1. The second kappa shape index (κ2) is 16.1. The molecule has 1 atom stereocenters. The molecule has 0 aliphatic heterocycles. The molecule has 1 rings (SSSR count). The third kappa shape index (κ3) is 12.1. The zero-order valence-corrected chi connectivity index (χ0v) is 20.6. The summed E-state index contributed by atoms with van der Waals surface area (Å²) in [5.41, 5.74) is -0.0768. The fraction of sp³-hybridized carbons (Fsp3) is 0.727. The Morgan fingerprint density at radius 3 is 2.26 bits per heavy atom. The van der Waals surface area contributed by atoms with Gasteiger partial charge < -0.3 is 14.0 Å². The maximum absolute atomic E-state index is 11.9. The van der Waals surface area contributed by atoms with Gasteiger partial charge >= 0.3 is 11.7 Å². The molecule has 176 valence electrons. The highest BCUT2D eigenvalue weighted by molar-refractivity contribution is 8.23. The number of unbranched alkanes of at least 4 members (excludes halogenated alkanes) is 8. The van der Waals surface area contributed by atoms with Crippen molar-refractivity contribution < 1.29 is 14.3 Å². The third-order valence-electron chi connectivity index (χ3n) is 4.84. The molecule has 0 bridgehead atoms. The Bertz CT molecular complexity index is 791. The average molecular weight is 473 g/mol. The monoisotopic (exact) mass is 472 g/mol. The minimum atomic E-state index is -0.342. The van der Waals surface area contributed by atoms with Gasteiger partial charge in [0.05, 0.1) is 13.2 Å². The van der Waals surface area contributed by atoms with E-state index in [2.05, 4.69) is 4.98 Å². The van der Waals surface area contributed by atoms with Gasteiger partial charge in [0.2, 0.25) is 4.38 Å². The molecule has 0 saturated heterocycles. The molecule has 1 unspecified atom stereocenters. The van der Waals surface area contributed by atoms with E-state index >= 15 is 0 Å². The van der Waals surface area contributed by atoms with Gasteiger partial charge in [0.25, 0.3) is 5.56 Å². The molecule has 0 aliphatic rings. The van der Waals surface area contributed by atoms with Gasteiger partial charge in [-0.05, 0) is 45.8 Å². The second-order valence-corrected chi connectivity index (χ2v) is 9.50. The first-order valence-corrected chi connectivity index (χ1v) is 12.4. The van der Waals surface area contributed by atoms with Gasteiger partial charge in [-0.1, -0.05) is 56.7 Å². The first kappa shape index (κ1) is 27.4. The van der Waals surface area contributed by atoms with Gasteiger partial charge in [-0.25, -0.2) is 4.79 Å². The lowest BCUT2D eigenvalue weighted by Crippen LogP contribution is -2.30. The van der Waals surface area contributed by atoms with Crippen LogP contribution in [-0.2, 0) is 20.8 Å². The first-order valence-electron chi connectivity index (χ1n) is 11.2. The Morgan fingerprint density at radius 1 is 1.06 bits per heavy atom. The first-order chi connectivity index (χ1) is 14.8. The normalized spacial score (nSPS) is 11.8. The number of aromatic nitrogens is 2. The number of thioether (sulfide) groups is 1. The van der Waals surface area contributed by atoms with Gasteiger partial charge in [0.15, 0.2) is 0 Å². The van der Waals surface area contributed by atoms with Gasteiger partial charge in [0.1, 0.15) is 5.25 Å². The van der Waals surface area contributed by atoms with Gasteiger partial charge in [0, 0.05) is 18.3 Å². The van der Waals surface area contributed by atoms with Crippen LogP contribution in [0.5, 0.6) is 0 Å². The molecule has 1 heterocycles. The number of ether oxygens (including phenoxy) is 2. The number of nitrogens with zero attached hydrogens (tertiary/aromatic N) is 1. The molecule has 0 aliphatic carbocycles. The van der Waals surface area contributed by atoms with E-state index in [9.17, 15) is 14.4 Å². The van der Waals surface area contributed by atoms with E-state index in [0.717, 1.165) is 38.5 Å². The van der Waals surface area contributed by atoms with E-state index in [0.29, 0.717) is 29.7 Å². The molecule has 1 N–H and O–H groups in total. The average Bonchev–Trinajstić information content (AvgIpc) is 2.72. The standard InChI is InChI=1S/C22H36N2O5S2/c1-4-28-22(30)31-18(3)20(26)29-15-13-11-9-7-5-6-8-10-12-14-24-16-17(2)19(25)23-21(24)27/h16,18H,4-15H2,1-3H3,(H,23,25,27). The van der Waals surface area contributed by atoms with Crippen molar-refractivity contribution in [1.82, 2.24) is 9.55 Å². The zero-order valence-electron chi connectivity index (χ0n) is 18.9. The molecule has 0 fully saturated rings. The predicted molar refractivity (Wildman–Crippen MR) is 130 cm³/mol. The number of thiocarbonyl (C=S) groups is 1. The van der Waals surface area contributed by atoms with Crippen LogP contribution in [0, 0.1) is 6.92 Å². The Balaban J connectivity index is 1.96. The minimum absolute atomic E-state index is 0.244. The zero-order chi connectivity index (χ0) is 23.1. The third-order valence-corrected chi connectivity index (χ3v) is 6.11. The SMILES string of the molecule is CCOC(=S)SC(C)C(=O)OCCCCCCCCCCCn1cc(C)c(=O)[nH]c1=O. The number of hydrogen-bond donors (Lipinski definition) is 1. The quantitative estimate of drug-likeness (QED) is 0.231. The largest absolute Gasteiger partial charge is 0.479 e. The van der Waals surface area contributed by atoms with Crippen LogP contribution >= 0.6 is 24.0 Å². The second-order valence-electron chi connectivity index (χ2n) is 7.56. The van der Waals surface area contributed by atoms with Gasteiger partial charge in [-0.3, -0.25) is 14.6 Å². The van der Waals surface area contributed by atoms with Crippen molar-refractivity contribution in [2.24, 2.45) is 0 Å². The minimum Gasteiger partial charge on any atom is -0.479 e. The number of esters is 1. The predicted octanol–water partition coefficient (Wildman–Crippen LogP) is 4.34. The van der Waals surface area contributed by atoms with E-state index in [1.165, 1.54) is 31.0 Å². The van der Waals surface area contributed by atoms with Crippen molar-refractivity contribution in [2.45, 2.75) is 90.4 Å². The molecule has 0 spiro atoms. The highest BCUT2D eigenvalue weighted by atomic mass is 32.2. The Kier molecular flexibility index (Phi) is 14.2. The Hall–Kier alpha value is -1.61. The molecular weight excluding hydrogens is 436 g/mol. The molecule has 7 nitrogen and oxygen atoms in total. The lowest BCUT2D eigenvalue weighted by molar-refractivity contribution is -0.142. The summed E-state index contributed by atoms with van der Waals surface area (Å²) >= 11 is 6.24. The van der Waals surface area contributed by atoms with Crippen LogP contribution in [-0.4, -0.2) is 38.4 Å². The van der Waals surface area contributed by atoms with Crippen molar-refractivity contribution in [2.75, 3.05) is 13.2 Å². The summed E-state index contributed by atoms with van der Waals surface area (Å²) in [6, 6.07) is 0. The molecule has 0 amide bonds. The maximum atomic E-state index is 11.9. The summed E-state index contributed by atoms with van der Waals surface area (Å²) < 4.78 is 12.4. The number of carbonyl (C=O) groups excluding carboxylic acids is 1. The fourth-order valence-corrected chi connectivity index (χ4v) is 4.23. The molecule has 1 aromatic rings. The van der Waals surface area contributed by atoms with Crippen LogP contribution in [0.3, 0.4) is 0 Å². The number of hydrogen-bond acceptors (Lipinski definition) is 7. The lowest BCUT2D eigenvalue weighted by Gasteiger charge is -2.11. The Morgan fingerprint density at radius 2 is 1.65 bits per heavy atom. The van der Waals surface area contributed by atoms with E-state index in [4.69, 9.17) is 21.7 Å². The van der Waals surface area contributed by atoms with Crippen LogP contribution in [0.15, 0.2) is 15.8 Å². The van der Waals surface area contributed by atoms with E-state index in [1.54, 1.807) is 24.6 Å². The molecule has 31 heavy (non-hydrogen) atoms. The lowest BCUT2D eigenvalue weighted by atomic mass is 10.1. The number of aromatic amines is 1. The van der Waals surface area contributed by atoms with Crippen LogP contribution in [0.1, 0.15) is 77.2 Å². The number of rotatable bonds is 15. The summed E-state index contributed by atoms with van der Waals surface area (Å²) in [6.45, 7) is 6.94. The summed E-state index contributed by atoms with van der Waals surface area (Å²) in [5.74, 6) is -0.244.